The largest absolute Gasteiger partial charge is 0.484 e. The third kappa shape index (κ3) is 3.37. The molecule has 2 unspecified atom stereocenters. The summed E-state index contributed by atoms with van der Waals surface area (Å²) in [6.07, 6.45) is 0.906. The van der Waals surface area contributed by atoms with Crippen molar-refractivity contribution in [1.29, 1.82) is 0 Å². The zero-order valence-corrected chi connectivity index (χ0v) is 12.7. The summed E-state index contributed by atoms with van der Waals surface area (Å²) in [7, 11) is 0. The van der Waals surface area contributed by atoms with Gasteiger partial charge in [0.15, 0.2) is 6.61 Å². The van der Waals surface area contributed by atoms with Gasteiger partial charge < -0.3 is 14.7 Å². The Bertz CT molecular complexity index is 495. The van der Waals surface area contributed by atoms with Gasteiger partial charge in [-0.05, 0) is 24.5 Å². The van der Waals surface area contributed by atoms with Gasteiger partial charge in [0.1, 0.15) is 5.75 Å². The lowest BCUT2D eigenvalue weighted by Crippen LogP contribution is -2.42. The molecular formula is C14H17Cl2NO3. The van der Waals surface area contributed by atoms with E-state index in [1.807, 2.05) is 6.92 Å². The number of amides is 1. The summed E-state index contributed by atoms with van der Waals surface area (Å²) in [4.78, 5) is 13.8. The molecule has 20 heavy (non-hydrogen) atoms. The lowest BCUT2D eigenvalue weighted by molar-refractivity contribution is -0.135. The number of carbonyl (C=O) groups is 1. The van der Waals surface area contributed by atoms with Crippen LogP contribution in [-0.2, 0) is 4.79 Å². The third-order valence-electron chi connectivity index (χ3n) is 3.64. The maximum atomic E-state index is 12.1. The van der Waals surface area contributed by atoms with Crippen LogP contribution in [0.4, 0.5) is 0 Å². The number of likely N-dealkylation sites (tertiary alicyclic amines) is 1. The maximum Gasteiger partial charge on any atom is 0.260 e. The summed E-state index contributed by atoms with van der Waals surface area (Å²) in [6, 6.07) is 4.75. The van der Waals surface area contributed by atoms with Crippen LogP contribution < -0.4 is 4.74 Å². The minimum atomic E-state index is -0.125. The van der Waals surface area contributed by atoms with Crippen molar-refractivity contribution in [2.45, 2.75) is 19.4 Å². The van der Waals surface area contributed by atoms with E-state index in [1.54, 1.807) is 23.1 Å². The number of hydrogen-bond acceptors (Lipinski definition) is 3. The second-order valence-electron chi connectivity index (χ2n) is 4.97. The fourth-order valence-electron chi connectivity index (χ4n) is 2.39. The van der Waals surface area contributed by atoms with Gasteiger partial charge in [-0.25, -0.2) is 0 Å². The molecule has 4 nitrogen and oxygen atoms in total. The van der Waals surface area contributed by atoms with Gasteiger partial charge >= 0.3 is 0 Å². The molecule has 1 aliphatic rings. The molecule has 1 aromatic carbocycles. The molecule has 2 rings (SSSR count). The van der Waals surface area contributed by atoms with Crippen molar-refractivity contribution in [2.75, 3.05) is 19.8 Å². The Balaban J connectivity index is 1.93. The highest BCUT2D eigenvalue weighted by Gasteiger charge is 2.33. The predicted molar refractivity (Wildman–Crippen MR) is 78.3 cm³/mol. The van der Waals surface area contributed by atoms with Crippen molar-refractivity contribution in [2.24, 2.45) is 5.92 Å². The quantitative estimate of drug-likeness (QED) is 0.928. The highest BCUT2D eigenvalue weighted by atomic mass is 35.5. The second-order valence-corrected chi connectivity index (χ2v) is 5.78. The van der Waals surface area contributed by atoms with Gasteiger partial charge in [-0.15, -0.1) is 0 Å². The molecule has 1 fully saturated rings. The number of aliphatic hydroxyl groups is 1. The SMILES string of the molecule is CC1CCN(C(=O)COc2ccc(Cl)c(Cl)c2)C1CO. The fourth-order valence-corrected chi connectivity index (χ4v) is 2.68. The number of hydrogen-bond donors (Lipinski definition) is 1. The Hall–Kier alpha value is -0.970. The van der Waals surface area contributed by atoms with Crippen LogP contribution in [0.15, 0.2) is 18.2 Å². The van der Waals surface area contributed by atoms with E-state index in [2.05, 4.69) is 0 Å². The highest BCUT2D eigenvalue weighted by Crippen LogP contribution is 2.27. The van der Waals surface area contributed by atoms with Gasteiger partial charge in [-0.2, -0.15) is 0 Å². The van der Waals surface area contributed by atoms with Crippen molar-refractivity contribution in [3.63, 3.8) is 0 Å². The number of nitrogens with zero attached hydrogens (tertiary/aromatic N) is 1. The normalized spacial score (nSPS) is 22.1. The zero-order valence-electron chi connectivity index (χ0n) is 11.2. The fraction of sp³-hybridized carbons (Fsp3) is 0.500. The van der Waals surface area contributed by atoms with Crippen LogP contribution in [0.25, 0.3) is 0 Å². The molecule has 1 aromatic rings. The van der Waals surface area contributed by atoms with Gasteiger partial charge in [0.25, 0.3) is 5.91 Å². The summed E-state index contributed by atoms with van der Waals surface area (Å²) in [5, 5.41) is 10.2. The van der Waals surface area contributed by atoms with E-state index in [9.17, 15) is 9.90 Å². The summed E-state index contributed by atoms with van der Waals surface area (Å²) >= 11 is 11.7. The Labute approximate surface area is 128 Å². The number of benzene rings is 1. The van der Waals surface area contributed by atoms with E-state index in [0.29, 0.717) is 28.3 Å². The topological polar surface area (TPSA) is 49.8 Å². The molecule has 1 saturated heterocycles. The molecule has 110 valence electrons. The average molecular weight is 318 g/mol. The minimum absolute atomic E-state index is 0.0142. The number of halogens is 2. The van der Waals surface area contributed by atoms with Crippen LogP contribution in [-0.4, -0.2) is 41.7 Å². The van der Waals surface area contributed by atoms with E-state index in [-0.39, 0.29) is 25.2 Å². The third-order valence-corrected chi connectivity index (χ3v) is 4.38. The Morgan fingerprint density at radius 1 is 1.45 bits per heavy atom. The van der Waals surface area contributed by atoms with E-state index < -0.39 is 0 Å². The second kappa shape index (κ2) is 6.66. The van der Waals surface area contributed by atoms with Gasteiger partial charge in [-0.3, -0.25) is 4.79 Å². The van der Waals surface area contributed by atoms with Crippen molar-refractivity contribution in [3.8, 4) is 5.75 Å². The van der Waals surface area contributed by atoms with Crippen LogP contribution in [0.3, 0.4) is 0 Å². The first kappa shape index (κ1) is 15.4. The molecule has 0 bridgehead atoms. The zero-order chi connectivity index (χ0) is 14.7. The number of rotatable bonds is 4. The number of carbonyl (C=O) groups excluding carboxylic acids is 1. The Morgan fingerprint density at radius 2 is 2.20 bits per heavy atom. The van der Waals surface area contributed by atoms with Crippen molar-refractivity contribution < 1.29 is 14.6 Å². The van der Waals surface area contributed by atoms with Gasteiger partial charge in [-0.1, -0.05) is 30.1 Å². The maximum absolute atomic E-state index is 12.1. The predicted octanol–water partition coefficient (Wildman–Crippen LogP) is 2.60. The van der Waals surface area contributed by atoms with E-state index >= 15 is 0 Å². The van der Waals surface area contributed by atoms with E-state index in [1.165, 1.54) is 0 Å². The molecule has 0 aromatic heterocycles. The first-order valence-corrected chi connectivity index (χ1v) is 7.26. The van der Waals surface area contributed by atoms with Crippen LogP contribution in [0.2, 0.25) is 10.0 Å². The Kier molecular flexibility index (Phi) is 5.13. The summed E-state index contributed by atoms with van der Waals surface area (Å²) in [6.45, 7) is 2.62. The first-order valence-electron chi connectivity index (χ1n) is 6.51. The van der Waals surface area contributed by atoms with Gasteiger partial charge in [0.2, 0.25) is 0 Å². The molecule has 6 heteroatoms. The number of aliphatic hydroxyl groups excluding tert-OH is 1. The standard InChI is InChI=1S/C14H17Cl2NO3/c1-9-4-5-17(13(9)7-18)14(19)8-20-10-2-3-11(15)12(16)6-10/h2-3,6,9,13,18H,4-5,7-8H2,1H3. The molecule has 0 spiro atoms. The molecule has 0 aliphatic carbocycles. The molecule has 2 atom stereocenters. The smallest absolute Gasteiger partial charge is 0.260 e. The minimum Gasteiger partial charge on any atom is -0.484 e. The van der Waals surface area contributed by atoms with E-state index in [0.717, 1.165) is 6.42 Å². The monoisotopic (exact) mass is 317 g/mol. The van der Waals surface area contributed by atoms with Crippen molar-refractivity contribution >= 4 is 29.1 Å². The molecular weight excluding hydrogens is 301 g/mol. The van der Waals surface area contributed by atoms with Crippen molar-refractivity contribution in [3.05, 3.63) is 28.2 Å². The van der Waals surface area contributed by atoms with Crippen molar-refractivity contribution in [1.82, 2.24) is 4.90 Å². The highest BCUT2D eigenvalue weighted by molar-refractivity contribution is 6.42. The van der Waals surface area contributed by atoms with E-state index in [4.69, 9.17) is 27.9 Å². The Morgan fingerprint density at radius 3 is 2.85 bits per heavy atom. The van der Waals surface area contributed by atoms with Crippen LogP contribution >= 0.6 is 23.2 Å². The molecule has 0 saturated carbocycles. The molecule has 0 radical (unpaired) electrons. The summed E-state index contributed by atoms with van der Waals surface area (Å²) < 4.78 is 5.43. The summed E-state index contributed by atoms with van der Waals surface area (Å²) in [5.74, 6) is 0.689. The van der Waals surface area contributed by atoms with Crippen LogP contribution in [0.1, 0.15) is 13.3 Å². The molecule has 1 amide bonds. The lowest BCUT2D eigenvalue weighted by atomic mass is 10.0. The lowest BCUT2D eigenvalue weighted by Gasteiger charge is -2.25. The molecule has 1 heterocycles. The average Bonchev–Trinajstić information content (AvgIpc) is 2.80. The molecule has 1 N–H and O–H groups in total. The first-order chi connectivity index (χ1) is 9.52. The van der Waals surface area contributed by atoms with Crippen LogP contribution in [0, 0.1) is 5.92 Å². The molecule has 1 aliphatic heterocycles. The van der Waals surface area contributed by atoms with Gasteiger partial charge in [0, 0.05) is 12.6 Å². The van der Waals surface area contributed by atoms with Crippen LogP contribution in [0.5, 0.6) is 5.75 Å². The number of ether oxygens (including phenoxy) is 1. The summed E-state index contributed by atoms with van der Waals surface area (Å²) in [5.41, 5.74) is 0. The van der Waals surface area contributed by atoms with Gasteiger partial charge in [0.05, 0.1) is 22.7 Å².